The zero-order valence-corrected chi connectivity index (χ0v) is 18.1. The number of nitrogens with two attached hydrogens (primary N) is 1. The maximum absolute atomic E-state index is 5.44. The molecule has 6 heteroatoms. The molecule has 4 N–H and O–H groups in total. The monoisotopic (exact) mass is 461 g/mol. The molecule has 6 rings (SSSR count). The fourth-order valence-electron chi connectivity index (χ4n) is 3.41. The van der Waals surface area contributed by atoms with Crippen LogP contribution in [-0.4, -0.2) is 19.9 Å². The number of anilines is 1. The first-order valence-corrected chi connectivity index (χ1v) is 10.6. The molecule has 1 aromatic carbocycles. The Hall–Kier alpha value is -3.87. The number of nitrogens with one attached hydrogen (secondary N) is 2. The molecule has 5 nitrogen and oxygen atoms in total. The van der Waals surface area contributed by atoms with Crippen molar-refractivity contribution in [3.05, 3.63) is 95.6 Å². The topological polar surface area (TPSA) is 83.4 Å². The van der Waals surface area contributed by atoms with E-state index in [-0.39, 0.29) is 0 Å². The number of fused-ring (bicyclic) bond motifs is 8. The van der Waals surface area contributed by atoms with Gasteiger partial charge in [0.2, 0.25) is 0 Å². The number of nitrogens with zero attached hydrogens (tertiary/aromatic N) is 2. The number of aromatic nitrogens is 4. The normalized spacial score (nSPS) is 11.8. The number of hydrogen-bond acceptors (Lipinski definition) is 3. The molecule has 0 atom stereocenters. The van der Waals surface area contributed by atoms with Crippen molar-refractivity contribution in [3.8, 4) is 0 Å². The van der Waals surface area contributed by atoms with Gasteiger partial charge in [0.25, 0.3) is 0 Å². The first kappa shape index (κ1) is 20.1. The predicted molar refractivity (Wildman–Crippen MR) is 129 cm³/mol. The summed E-state index contributed by atoms with van der Waals surface area (Å²) in [5.41, 5.74) is 14.0. The average Bonchev–Trinajstić information content (AvgIpc) is 3.57. The second kappa shape index (κ2) is 8.70. The number of rotatable bonds is 0. The van der Waals surface area contributed by atoms with E-state index in [9.17, 15) is 0 Å². The molecule has 0 spiro atoms. The third-order valence-electron chi connectivity index (χ3n) is 4.93. The number of hydrogen-bond donors (Lipinski definition) is 3. The average molecular weight is 461 g/mol. The Labute approximate surface area is 193 Å². The predicted octanol–water partition coefficient (Wildman–Crippen LogP) is 5.10. The molecular weight excluding hydrogens is 441 g/mol. The van der Waals surface area contributed by atoms with Gasteiger partial charge in [-0.15, -0.1) is 0 Å². The minimum atomic E-state index is 0.729. The van der Waals surface area contributed by atoms with Crippen molar-refractivity contribution in [2.24, 2.45) is 0 Å². The molecule has 2 aliphatic heterocycles. The van der Waals surface area contributed by atoms with Crippen molar-refractivity contribution < 1.29 is 15.7 Å². The van der Waals surface area contributed by atoms with E-state index in [1.165, 1.54) is 0 Å². The molecule has 0 saturated carbocycles. The Kier molecular flexibility index (Phi) is 5.45. The first-order chi connectivity index (χ1) is 15.6. The molecule has 0 fully saturated rings. The van der Waals surface area contributed by atoms with E-state index in [1.54, 1.807) is 0 Å². The van der Waals surface area contributed by atoms with Crippen LogP contribution >= 0.6 is 0 Å². The second-order valence-corrected chi connectivity index (χ2v) is 7.96. The maximum atomic E-state index is 5.44. The van der Waals surface area contributed by atoms with Gasteiger partial charge in [-0.2, -0.15) is 0 Å². The fraction of sp³-hybridized carbons (Fsp3) is 0. The summed E-state index contributed by atoms with van der Waals surface area (Å²) in [5, 5.41) is 0. The number of benzene rings is 1. The van der Waals surface area contributed by atoms with Crippen molar-refractivity contribution in [3.63, 3.8) is 0 Å². The number of aromatic amines is 2. The van der Waals surface area contributed by atoms with Gasteiger partial charge >= 0.3 is 55.9 Å². The van der Waals surface area contributed by atoms with Crippen molar-refractivity contribution in [1.29, 1.82) is 0 Å². The molecular formula is C26H20CoN5. The summed E-state index contributed by atoms with van der Waals surface area (Å²) in [7, 11) is 0. The summed E-state index contributed by atoms with van der Waals surface area (Å²) in [5.74, 6) is 0. The van der Waals surface area contributed by atoms with Crippen LogP contribution in [-0.2, 0) is 15.7 Å². The van der Waals surface area contributed by atoms with Crippen LogP contribution in [0.3, 0.4) is 0 Å². The van der Waals surface area contributed by atoms with Crippen LogP contribution in [0.4, 0.5) is 5.69 Å². The van der Waals surface area contributed by atoms with Crippen LogP contribution < -0.4 is 10.2 Å². The summed E-state index contributed by atoms with van der Waals surface area (Å²) >= 11 is 4.12. The van der Waals surface area contributed by atoms with Crippen LogP contribution in [0.5, 0.6) is 0 Å². The molecule has 158 valence electrons. The summed E-state index contributed by atoms with van der Waals surface area (Å²) < 4.78 is 0.833. The molecule has 4 aromatic rings. The molecule has 3 aromatic heterocycles. The molecule has 5 heterocycles. The summed E-state index contributed by atoms with van der Waals surface area (Å²) in [6.45, 7) is 0. The van der Waals surface area contributed by atoms with Gasteiger partial charge in [-0.05, 0) is 72.8 Å². The zero-order valence-electron chi connectivity index (χ0n) is 17.0. The standard InChI is InChI=1S/C20H14N4.C6H6N.Co/c1-2-14-10-16-5-6-18(23-16)12-20-8-7-19(24-20)11-17-4-3-15(22-17)9-13(1)21-14;7-6-4-2-1-3-5-6;/h1-12,21,24H;1-4H,7H2;. The van der Waals surface area contributed by atoms with Crippen LogP contribution in [0.2, 0.25) is 0 Å². The van der Waals surface area contributed by atoms with E-state index < -0.39 is 0 Å². The van der Waals surface area contributed by atoms with Crippen LogP contribution in [0, 0.1) is 0 Å². The molecule has 2 aliphatic rings. The summed E-state index contributed by atoms with van der Waals surface area (Å²) in [6.07, 6.45) is 8.09. The van der Waals surface area contributed by atoms with E-state index in [2.05, 4.69) is 59.9 Å². The third-order valence-corrected chi connectivity index (χ3v) is 5.40. The quantitative estimate of drug-likeness (QED) is 0.275. The van der Waals surface area contributed by atoms with Crippen LogP contribution in [0.25, 0.3) is 46.4 Å². The summed E-state index contributed by atoms with van der Waals surface area (Å²) in [4.78, 5) is 16.0. The van der Waals surface area contributed by atoms with Crippen molar-refractivity contribution in [2.75, 3.05) is 5.73 Å². The Morgan fingerprint density at radius 3 is 1.25 bits per heavy atom. The zero-order chi connectivity index (χ0) is 21.9. The van der Waals surface area contributed by atoms with Crippen molar-refractivity contribution in [2.45, 2.75) is 0 Å². The van der Waals surface area contributed by atoms with Gasteiger partial charge in [-0.25, -0.2) is 9.97 Å². The Morgan fingerprint density at radius 1 is 0.562 bits per heavy atom. The molecule has 32 heavy (non-hydrogen) atoms. The Morgan fingerprint density at radius 2 is 0.938 bits per heavy atom. The van der Waals surface area contributed by atoms with E-state index in [4.69, 9.17) is 5.73 Å². The van der Waals surface area contributed by atoms with Gasteiger partial charge in [0.05, 0.1) is 22.8 Å². The van der Waals surface area contributed by atoms with Gasteiger partial charge in [0.1, 0.15) is 0 Å². The van der Waals surface area contributed by atoms with Gasteiger partial charge < -0.3 is 9.97 Å². The third kappa shape index (κ3) is 4.72. The van der Waals surface area contributed by atoms with E-state index in [0.29, 0.717) is 0 Å². The molecule has 0 amide bonds. The van der Waals surface area contributed by atoms with E-state index in [1.807, 2.05) is 72.8 Å². The van der Waals surface area contributed by atoms with Crippen LogP contribution in [0.15, 0.2) is 72.8 Å². The fourth-order valence-corrected chi connectivity index (χ4v) is 3.60. The molecule has 0 saturated heterocycles. The Balaban J connectivity index is 0.000000230. The molecule has 0 aliphatic carbocycles. The summed E-state index contributed by atoms with van der Waals surface area (Å²) in [6, 6.07) is 23.8. The second-order valence-electron chi connectivity index (χ2n) is 7.40. The van der Waals surface area contributed by atoms with Gasteiger partial charge in [0.15, 0.2) is 0 Å². The number of H-pyrrole nitrogens is 2. The van der Waals surface area contributed by atoms with Gasteiger partial charge in [0, 0.05) is 22.1 Å². The molecule has 0 radical (unpaired) electrons. The number of para-hydroxylation sites is 1. The SMILES string of the molecule is C1=Cc2cc3ccc(cc4nc(cc5ccc(cc1n2)[nH]5)C=C4)[nH]3.Nc1cccc[c]1[Co]. The van der Waals surface area contributed by atoms with E-state index >= 15 is 0 Å². The molecule has 0 unspecified atom stereocenters. The van der Waals surface area contributed by atoms with Crippen molar-refractivity contribution in [1.82, 2.24) is 19.9 Å². The Bertz CT molecular complexity index is 1310. The van der Waals surface area contributed by atoms with Crippen molar-refractivity contribution >= 4 is 56.6 Å². The van der Waals surface area contributed by atoms with Gasteiger partial charge in [-0.3, -0.25) is 0 Å². The minimum absolute atomic E-state index is 0.729. The van der Waals surface area contributed by atoms with Gasteiger partial charge in [-0.1, -0.05) is 0 Å². The first-order valence-electron chi connectivity index (χ1n) is 10.1. The van der Waals surface area contributed by atoms with E-state index in [0.717, 1.165) is 55.0 Å². The number of nitrogen functional groups attached to an aromatic ring is 1. The molecule has 8 bridgehead atoms. The van der Waals surface area contributed by atoms with Crippen LogP contribution in [0.1, 0.15) is 22.8 Å².